The Hall–Kier alpha value is -4.14. The number of anilines is 2. The molecule has 0 saturated heterocycles. The standard InChI is InChI=1S/C27H26Cl2F2N10O2/c1-38-13-33-24(37-38)12-40-26(42)35-25(39(27(40)43)10-14-6-18(28)21(31)9-20(14)30)34-23-7-15-11-41(36-22(15)8-19(23)29)17-4-2-16(32)3-5-17/h6-9,11,13,16-17H,2-5,10,12,32H2,1H3,(H,34,35,42)/t16-,17-. The van der Waals surface area contributed by atoms with Gasteiger partial charge in [-0.25, -0.2) is 27.9 Å². The minimum Gasteiger partial charge on any atom is -0.328 e. The number of nitrogens with zero attached hydrogens (tertiary/aromatic N) is 8. The molecule has 1 aliphatic rings. The average Bonchev–Trinajstić information content (AvgIpc) is 3.57. The third-order valence-electron chi connectivity index (χ3n) is 7.49. The molecule has 0 aliphatic heterocycles. The summed E-state index contributed by atoms with van der Waals surface area (Å²) in [5.74, 6) is -1.90. The Morgan fingerprint density at radius 2 is 1.74 bits per heavy atom. The molecule has 1 aliphatic carbocycles. The first kappa shape index (κ1) is 29.0. The summed E-state index contributed by atoms with van der Waals surface area (Å²) in [7, 11) is 1.64. The van der Waals surface area contributed by atoms with Crippen LogP contribution >= 0.6 is 23.2 Å². The highest BCUT2D eigenvalue weighted by Crippen LogP contribution is 2.33. The molecule has 3 aromatic heterocycles. The number of benzene rings is 2. The van der Waals surface area contributed by atoms with Gasteiger partial charge in [0.15, 0.2) is 5.82 Å². The zero-order chi connectivity index (χ0) is 30.4. The lowest BCUT2D eigenvalue weighted by molar-refractivity contribution is 0.305. The van der Waals surface area contributed by atoms with Gasteiger partial charge in [-0.05, 0) is 43.9 Å². The highest BCUT2D eigenvalue weighted by atomic mass is 35.5. The van der Waals surface area contributed by atoms with Crippen LogP contribution in [0.4, 0.5) is 20.4 Å². The predicted octanol–water partition coefficient (Wildman–Crippen LogP) is 3.75. The van der Waals surface area contributed by atoms with Crippen LogP contribution in [0.15, 0.2) is 46.4 Å². The molecular weight excluding hydrogens is 605 g/mol. The molecule has 3 heterocycles. The van der Waals surface area contributed by atoms with Gasteiger partial charge in [0.05, 0.1) is 40.4 Å². The van der Waals surface area contributed by atoms with Gasteiger partial charge in [-0.3, -0.25) is 13.9 Å². The van der Waals surface area contributed by atoms with Crippen molar-refractivity contribution in [2.24, 2.45) is 12.8 Å². The third-order valence-corrected chi connectivity index (χ3v) is 8.09. The van der Waals surface area contributed by atoms with E-state index in [1.54, 1.807) is 19.2 Å². The minimum atomic E-state index is -0.949. The Morgan fingerprint density at radius 3 is 2.47 bits per heavy atom. The molecule has 5 aromatic rings. The second-order valence-electron chi connectivity index (χ2n) is 10.6. The fourth-order valence-electron chi connectivity index (χ4n) is 5.19. The van der Waals surface area contributed by atoms with Crippen molar-refractivity contribution < 1.29 is 8.78 Å². The van der Waals surface area contributed by atoms with Crippen LogP contribution in [0.25, 0.3) is 10.9 Å². The number of halogens is 4. The number of nitrogens with one attached hydrogen (secondary N) is 1. The lowest BCUT2D eigenvalue weighted by Crippen LogP contribution is -2.43. The summed E-state index contributed by atoms with van der Waals surface area (Å²) in [5, 5.41) is 12.4. The van der Waals surface area contributed by atoms with Crippen molar-refractivity contribution in [3.8, 4) is 0 Å². The molecule has 0 spiro atoms. The highest BCUT2D eigenvalue weighted by molar-refractivity contribution is 6.34. The van der Waals surface area contributed by atoms with Gasteiger partial charge in [0.2, 0.25) is 5.95 Å². The first-order chi connectivity index (χ1) is 20.5. The molecule has 6 rings (SSSR count). The topological polar surface area (TPSA) is 143 Å². The fourth-order valence-corrected chi connectivity index (χ4v) is 5.58. The van der Waals surface area contributed by atoms with Gasteiger partial charge in [0.25, 0.3) is 0 Å². The number of aromatic nitrogens is 8. The maximum atomic E-state index is 14.8. The van der Waals surface area contributed by atoms with E-state index in [9.17, 15) is 18.4 Å². The molecule has 1 fully saturated rings. The molecule has 224 valence electrons. The lowest BCUT2D eigenvalue weighted by Gasteiger charge is -2.26. The molecule has 0 atom stereocenters. The predicted molar refractivity (Wildman–Crippen MR) is 157 cm³/mol. The summed E-state index contributed by atoms with van der Waals surface area (Å²) >= 11 is 12.5. The molecule has 0 radical (unpaired) electrons. The van der Waals surface area contributed by atoms with Crippen molar-refractivity contribution in [1.82, 2.24) is 38.7 Å². The Labute approximate surface area is 252 Å². The molecule has 16 heteroatoms. The van der Waals surface area contributed by atoms with Gasteiger partial charge in [-0.1, -0.05) is 23.2 Å². The molecule has 0 amide bonds. The van der Waals surface area contributed by atoms with E-state index in [0.717, 1.165) is 46.3 Å². The molecule has 0 unspecified atom stereocenters. The molecule has 43 heavy (non-hydrogen) atoms. The molecule has 2 aromatic carbocycles. The first-order valence-corrected chi connectivity index (χ1v) is 14.2. The van der Waals surface area contributed by atoms with Gasteiger partial charge in [-0.2, -0.15) is 15.2 Å². The maximum absolute atomic E-state index is 14.8. The van der Waals surface area contributed by atoms with Crippen molar-refractivity contribution in [1.29, 1.82) is 0 Å². The van der Waals surface area contributed by atoms with E-state index in [-0.39, 0.29) is 46.0 Å². The van der Waals surface area contributed by atoms with Gasteiger partial charge >= 0.3 is 11.4 Å². The second-order valence-corrected chi connectivity index (χ2v) is 11.4. The molecule has 0 bridgehead atoms. The Balaban J connectivity index is 1.40. The monoisotopic (exact) mass is 630 g/mol. The van der Waals surface area contributed by atoms with E-state index >= 15 is 0 Å². The van der Waals surface area contributed by atoms with E-state index in [2.05, 4.69) is 20.4 Å². The molecular formula is C27H26Cl2F2N10O2. The van der Waals surface area contributed by atoms with Crippen molar-refractivity contribution in [3.05, 3.63) is 90.8 Å². The van der Waals surface area contributed by atoms with Crippen LogP contribution in [0, 0.1) is 11.6 Å². The van der Waals surface area contributed by atoms with Crippen molar-refractivity contribution in [2.45, 2.75) is 50.9 Å². The van der Waals surface area contributed by atoms with Crippen LogP contribution in [0.3, 0.4) is 0 Å². The smallest absolute Gasteiger partial charge is 0.328 e. The summed E-state index contributed by atoms with van der Waals surface area (Å²) in [5.41, 5.74) is 5.22. The van der Waals surface area contributed by atoms with E-state index < -0.39 is 29.6 Å². The van der Waals surface area contributed by atoms with Crippen molar-refractivity contribution in [3.63, 3.8) is 0 Å². The van der Waals surface area contributed by atoms with Crippen LogP contribution in [-0.4, -0.2) is 44.7 Å². The van der Waals surface area contributed by atoms with E-state index in [4.69, 9.17) is 34.0 Å². The largest absolute Gasteiger partial charge is 0.355 e. The lowest BCUT2D eigenvalue weighted by atomic mass is 9.92. The van der Waals surface area contributed by atoms with Crippen molar-refractivity contribution >= 4 is 45.7 Å². The zero-order valence-corrected chi connectivity index (χ0v) is 24.4. The van der Waals surface area contributed by atoms with Gasteiger partial charge in [0, 0.05) is 36.3 Å². The van der Waals surface area contributed by atoms with Crippen LogP contribution in [0.1, 0.15) is 43.1 Å². The van der Waals surface area contributed by atoms with E-state index in [0.29, 0.717) is 17.3 Å². The van der Waals surface area contributed by atoms with Crippen LogP contribution in [0.2, 0.25) is 10.0 Å². The average molecular weight is 631 g/mol. The summed E-state index contributed by atoms with van der Waals surface area (Å²) in [4.78, 5) is 34.9. The Kier molecular flexibility index (Phi) is 7.75. The quantitative estimate of drug-likeness (QED) is 0.259. The second kappa shape index (κ2) is 11.5. The normalized spacial score (nSPS) is 17.1. The number of hydrogen-bond donors (Lipinski definition) is 2. The number of fused-ring (bicyclic) bond motifs is 1. The summed E-state index contributed by atoms with van der Waals surface area (Å²) < 4.78 is 33.8. The SMILES string of the molecule is Cn1cnc(Cn2c(=O)nc(Nc3cc4cn([C@H]5CC[C@H](N)CC5)nc4cc3Cl)n(Cc3cc(Cl)c(F)cc3F)c2=O)n1. The van der Waals surface area contributed by atoms with E-state index in [1.165, 1.54) is 11.0 Å². The number of aryl methyl sites for hydroxylation is 1. The van der Waals surface area contributed by atoms with Gasteiger partial charge in [0.1, 0.15) is 18.0 Å². The summed E-state index contributed by atoms with van der Waals surface area (Å²) in [6, 6.07) is 5.51. The molecule has 12 nitrogen and oxygen atoms in total. The third kappa shape index (κ3) is 5.90. The number of rotatable bonds is 7. The van der Waals surface area contributed by atoms with Gasteiger partial charge < -0.3 is 11.1 Å². The Morgan fingerprint density at radius 1 is 0.977 bits per heavy atom. The van der Waals surface area contributed by atoms with Crippen LogP contribution < -0.4 is 22.4 Å². The molecule has 3 N–H and O–H groups in total. The van der Waals surface area contributed by atoms with Crippen molar-refractivity contribution in [2.75, 3.05) is 5.32 Å². The maximum Gasteiger partial charge on any atom is 0.355 e. The first-order valence-electron chi connectivity index (χ1n) is 13.5. The zero-order valence-electron chi connectivity index (χ0n) is 22.8. The number of hydrogen-bond acceptors (Lipinski definition) is 8. The molecule has 1 saturated carbocycles. The number of nitrogens with two attached hydrogens (primary N) is 1. The summed E-state index contributed by atoms with van der Waals surface area (Å²) in [6.45, 7) is -0.714. The van der Waals surface area contributed by atoms with Gasteiger partial charge in [-0.15, -0.1) is 0 Å². The summed E-state index contributed by atoms with van der Waals surface area (Å²) in [6.07, 6.45) is 6.99. The minimum absolute atomic E-state index is 0.102. The highest BCUT2D eigenvalue weighted by Gasteiger charge is 2.22. The van der Waals surface area contributed by atoms with E-state index in [1.807, 2.05) is 10.9 Å². The van der Waals surface area contributed by atoms with Crippen LogP contribution in [0.5, 0.6) is 0 Å². The fraction of sp³-hybridized carbons (Fsp3) is 0.333. The Bertz CT molecular complexity index is 1960. The van der Waals surface area contributed by atoms with Crippen LogP contribution in [-0.2, 0) is 20.1 Å².